The van der Waals surface area contributed by atoms with Gasteiger partial charge in [-0.1, -0.05) is 54.6 Å². The van der Waals surface area contributed by atoms with Gasteiger partial charge in [-0.25, -0.2) is 4.85 Å². The molecule has 4 aromatic carbocycles. The van der Waals surface area contributed by atoms with Crippen molar-refractivity contribution >= 4 is 61.6 Å². The van der Waals surface area contributed by atoms with E-state index in [-0.39, 0.29) is 11.5 Å². The summed E-state index contributed by atoms with van der Waals surface area (Å²) >= 11 is 0. The fourth-order valence-electron chi connectivity index (χ4n) is 6.47. The quantitative estimate of drug-likeness (QED) is 0.123. The second kappa shape index (κ2) is 8.88. The number of aromatic nitrogens is 1. The van der Waals surface area contributed by atoms with Crippen LogP contribution < -0.4 is 5.35 Å². The Balaban J connectivity index is 1.50. The van der Waals surface area contributed by atoms with Crippen LogP contribution in [0.4, 0.5) is 5.69 Å². The van der Waals surface area contributed by atoms with E-state index in [1.165, 1.54) is 10.8 Å². The van der Waals surface area contributed by atoms with E-state index in [1.54, 1.807) is 0 Å². The van der Waals surface area contributed by atoms with E-state index in [2.05, 4.69) is 94.4 Å². The van der Waals surface area contributed by atoms with Gasteiger partial charge >= 0.3 is 0 Å². The highest BCUT2D eigenvalue weighted by Crippen LogP contribution is 2.40. The van der Waals surface area contributed by atoms with E-state index in [9.17, 15) is 4.79 Å². The number of nitrogens with one attached hydrogen (secondary N) is 1. The maximum absolute atomic E-state index is 13.9. The van der Waals surface area contributed by atoms with Crippen LogP contribution in [0.15, 0.2) is 101 Å². The first kappa shape index (κ1) is 23.8. The van der Waals surface area contributed by atoms with Gasteiger partial charge in [0.05, 0.1) is 17.5 Å². The first-order chi connectivity index (χ1) is 19.6. The van der Waals surface area contributed by atoms with Crippen molar-refractivity contribution in [1.82, 2.24) is 4.57 Å². The molecule has 1 aliphatic heterocycles. The van der Waals surface area contributed by atoms with Crippen molar-refractivity contribution in [3.05, 3.63) is 124 Å². The molecule has 2 heterocycles. The highest BCUT2D eigenvalue weighted by molar-refractivity contribution is 6.31. The molecule has 0 fully saturated rings. The van der Waals surface area contributed by atoms with Crippen LogP contribution in [0.3, 0.4) is 0 Å². The fourth-order valence-corrected chi connectivity index (χ4v) is 6.47. The van der Waals surface area contributed by atoms with Crippen LogP contribution in [0, 0.1) is 12.0 Å². The summed E-state index contributed by atoms with van der Waals surface area (Å²) in [5.41, 5.74) is 5.68. The van der Waals surface area contributed by atoms with E-state index < -0.39 is 0 Å². The van der Waals surface area contributed by atoms with Gasteiger partial charge < -0.3 is 4.57 Å². The summed E-state index contributed by atoms with van der Waals surface area (Å²) in [5, 5.41) is 14.5. The molecule has 0 saturated heterocycles. The van der Waals surface area contributed by atoms with Gasteiger partial charge in [0, 0.05) is 57.0 Å². The third-order valence-corrected chi connectivity index (χ3v) is 8.17. The number of nitrogens with zero attached hydrogens (tertiary/aromatic N) is 3. The predicted octanol–water partition coefficient (Wildman–Crippen LogP) is 6.49. The zero-order chi connectivity index (χ0) is 27.5. The smallest absolute Gasteiger partial charge is 0.254 e. The minimum Gasteiger partial charge on any atom is -0.341 e. The van der Waals surface area contributed by atoms with Gasteiger partial charge in [-0.2, -0.15) is 4.58 Å². The van der Waals surface area contributed by atoms with Gasteiger partial charge in [0.2, 0.25) is 11.4 Å². The second-order valence-corrected chi connectivity index (χ2v) is 10.0. The van der Waals surface area contributed by atoms with Crippen molar-refractivity contribution in [3.63, 3.8) is 0 Å². The molecule has 0 spiro atoms. The van der Waals surface area contributed by atoms with Crippen molar-refractivity contribution < 1.29 is 9.37 Å². The van der Waals surface area contributed by atoms with Crippen LogP contribution >= 0.6 is 0 Å². The average Bonchev–Trinajstić information content (AvgIpc) is 3.48. The molecule has 0 atom stereocenters. The highest BCUT2D eigenvalue weighted by atomic mass is 16.1. The molecule has 5 aromatic rings. The van der Waals surface area contributed by atoms with Gasteiger partial charge in [0.25, 0.3) is 5.70 Å². The molecule has 0 saturated carbocycles. The first-order valence-electron chi connectivity index (χ1n) is 13.5. The molecule has 5 heteroatoms. The molecule has 7 rings (SSSR count). The monoisotopic (exact) mass is 517 g/mol. The maximum atomic E-state index is 13.9. The van der Waals surface area contributed by atoms with Crippen molar-refractivity contribution in [1.29, 1.82) is 5.41 Å². The van der Waals surface area contributed by atoms with E-state index in [4.69, 9.17) is 12.0 Å². The van der Waals surface area contributed by atoms with E-state index >= 15 is 0 Å². The summed E-state index contributed by atoms with van der Waals surface area (Å²) in [5.74, 6) is 2.18. The summed E-state index contributed by atoms with van der Waals surface area (Å²) in [6.45, 7) is 13.4. The number of carbonyl (C=O) groups excluding carboxylic acids is 1. The minimum absolute atomic E-state index is 0.0480. The molecule has 2 aliphatic rings. The van der Waals surface area contributed by atoms with Crippen molar-refractivity contribution in [2.75, 3.05) is 6.54 Å². The molecule has 190 valence electrons. The average molecular weight is 518 g/mol. The molecule has 0 bridgehead atoms. The maximum Gasteiger partial charge on any atom is 0.254 e. The Labute approximate surface area is 231 Å². The molecule has 1 aliphatic carbocycles. The molecule has 1 N–H and O–H groups in total. The normalized spacial score (nSPS) is 16.0. The van der Waals surface area contributed by atoms with Crippen LogP contribution in [-0.2, 0) is 11.3 Å². The lowest BCUT2D eigenvalue weighted by Gasteiger charge is -2.23. The van der Waals surface area contributed by atoms with Crippen LogP contribution in [-0.4, -0.2) is 33.1 Å². The highest BCUT2D eigenvalue weighted by Gasteiger charge is 2.38. The lowest BCUT2D eigenvalue weighted by atomic mass is 9.78. The summed E-state index contributed by atoms with van der Waals surface area (Å²) < 4.78 is 4.43. The number of hydrogen-bond acceptors (Lipinski definition) is 2. The first-order valence-corrected chi connectivity index (χ1v) is 13.5. The Bertz CT molecular complexity index is 2200. The molecule has 0 amide bonds. The molecule has 5 nitrogen and oxygen atoms in total. The van der Waals surface area contributed by atoms with Crippen LogP contribution in [0.5, 0.6) is 0 Å². The van der Waals surface area contributed by atoms with Gasteiger partial charge in [-0.15, -0.1) is 0 Å². The number of carbonyl (C=O) groups is 1. The number of ketones is 1. The van der Waals surface area contributed by atoms with Gasteiger partial charge in [-0.3, -0.25) is 10.2 Å². The largest absolute Gasteiger partial charge is 0.341 e. The summed E-state index contributed by atoms with van der Waals surface area (Å²) in [4.78, 5) is 17.5. The molecular formula is C35H25N4O+. The summed E-state index contributed by atoms with van der Waals surface area (Å²) in [7, 11) is 0. The molecule has 0 unspecified atom stereocenters. The Kier molecular flexibility index (Phi) is 5.28. The van der Waals surface area contributed by atoms with Crippen LogP contribution in [0.2, 0.25) is 0 Å². The molecule has 0 radical (unpaired) electrons. The minimum atomic E-state index is -0.121. The van der Waals surface area contributed by atoms with Crippen molar-refractivity contribution in [2.45, 2.75) is 20.4 Å². The fraction of sp³-hybridized carbons (Fsp3) is 0.114. The number of allylic oxidation sites excluding steroid dienone is 3. The van der Waals surface area contributed by atoms with Crippen molar-refractivity contribution in [2.24, 2.45) is 0 Å². The zero-order valence-electron chi connectivity index (χ0n) is 22.2. The Morgan fingerprint density at radius 1 is 0.975 bits per heavy atom. The summed E-state index contributed by atoms with van der Waals surface area (Å²) in [6, 6.07) is 25.0. The summed E-state index contributed by atoms with van der Waals surface area (Å²) in [6.07, 6.45) is 3.81. The van der Waals surface area contributed by atoms with E-state index in [0.29, 0.717) is 16.7 Å². The lowest BCUT2D eigenvalue weighted by molar-refractivity contribution is -0.430. The van der Waals surface area contributed by atoms with E-state index in [0.717, 1.165) is 57.1 Å². The van der Waals surface area contributed by atoms with Crippen LogP contribution in [0.25, 0.3) is 43.4 Å². The Morgan fingerprint density at radius 2 is 1.68 bits per heavy atom. The van der Waals surface area contributed by atoms with Gasteiger partial charge in [-0.05, 0) is 48.7 Å². The van der Waals surface area contributed by atoms with E-state index in [1.807, 2.05) is 24.3 Å². The number of hydrogen-bond donors (Lipinski definition) is 1. The molecule has 1 aromatic heterocycles. The topological polar surface area (TPSA) is 53.2 Å². The number of Topliss-reactive ketones (excluding diaryl/α,β-unsaturated/α-hetero) is 1. The third-order valence-electron chi connectivity index (χ3n) is 8.17. The van der Waals surface area contributed by atoms with Gasteiger partial charge in [0.15, 0.2) is 5.78 Å². The number of aryl methyl sites for hydroxylation is 1. The third kappa shape index (κ3) is 3.12. The van der Waals surface area contributed by atoms with Crippen LogP contribution in [0.1, 0.15) is 19.4 Å². The Hall–Kier alpha value is -5.30. The SMILES string of the molecule is [C-]#[N+]C(=C=N)C1=C(C=c2c3cccc4cccc(c43)n2CC)C(=O)C1=CC1=[N+](CC)c2cccc3cccc1c23. The standard InChI is InChI=1S/C35H25N4O/c1-4-38-28-16-8-12-21-10-6-14-23(32(21)28)30(38)18-25-34(27(20-36)37-3)26(35(25)40)19-31-24-15-7-11-22-13-9-17-29(33(22)24)39(31)5-2/h6-19,36H,4-5H2,1-2H3/q+1. The predicted molar refractivity (Wildman–Crippen MR) is 161 cm³/mol. The zero-order valence-corrected chi connectivity index (χ0v) is 22.2. The lowest BCUT2D eigenvalue weighted by Crippen LogP contribution is -2.27. The number of benzene rings is 4. The molecular weight excluding hydrogens is 492 g/mol. The Morgan fingerprint density at radius 3 is 2.38 bits per heavy atom. The van der Waals surface area contributed by atoms with Gasteiger partial charge in [0.1, 0.15) is 6.54 Å². The molecule has 40 heavy (non-hydrogen) atoms. The van der Waals surface area contributed by atoms with Crippen molar-refractivity contribution in [3.8, 4) is 0 Å². The second-order valence-electron chi connectivity index (χ2n) is 10.0. The number of rotatable bonds is 5.